The van der Waals surface area contributed by atoms with Crippen molar-refractivity contribution in [2.24, 2.45) is 5.73 Å². The molecule has 1 aromatic heterocycles. The monoisotopic (exact) mass is 353 g/mol. The van der Waals surface area contributed by atoms with Crippen molar-refractivity contribution in [3.8, 4) is 0 Å². The summed E-state index contributed by atoms with van der Waals surface area (Å²) in [5.74, 6) is 0. The lowest BCUT2D eigenvalue weighted by Crippen LogP contribution is -2.30. The van der Waals surface area contributed by atoms with Crippen LogP contribution in [0, 0.1) is 0 Å². The fourth-order valence-electron chi connectivity index (χ4n) is 2.17. The quantitative estimate of drug-likeness (QED) is 0.891. The van der Waals surface area contributed by atoms with Crippen molar-refractivity contribution in [3.63, 3.8) is 0 Å². The number of likely N-dealkylation sites (N-methyl/N-ethyl adjacent to an activating group) is 1. The molecule has 2 aromatic rings. The minimum Gasteiger partial charge on any atom is -0.329 e. The highest BCUT2D eigenvalue weighted by Crippen LogP contribution is 2.29. The molecule has 1 atom stereocenters. The van der Waals surface area contributed by atoms with E-state index in [1.807, 2.05) is 43.4 Å². The van der Waals surface area contributed by atoms with E-state index in [0.29, 0.717) is 11.6 Å². The molecular weight excluding hydrogens is 338 g/mol. The molecule has 0 saturated carbocycles. The van der Waals surface area contributed by atoms with E-state index < -0.39 is 0 Å². The Morgan fingerprint density at radius 1 is 1.35 bits per heavy atom. The van der Waals surface area contributed by atoms with Gasteiger partial charge in [0.25, 0.3) is 0 Å². The van der Waals surface area contributed by atoms with Gasteiger partial charge in [-0.05, 0) is 42.9 Å². The van der Waals surface area contributed by atoms with Crippen molar-refractivity contribution in [3.05, 3.63) is 63.3 Å². The Morgan fingerprint density at radius 3 is 2.80 bits per heavy atom. The second-order valence-electron chi connectivity index (χ2n) is 4.65. The highest BCUT2D eigenvalue weighted by Gasteiger charge is 2.18. The van der Waals surface area contributed by atoms with Crippen molar-refractivity contribution >= 4 is 27.5 Å². The average Bonchev–Trinajstić information content (AvgIpc) is 2.44. The molecule has 0 aliphatic rings. The van der Waals surface area contributed by atoms with Gasteiger partial charge in [-0.1, -0.05) is 33.6 Å². The maximum atomic E-state index is 6.09. The number of halogens is 2. The molecule has 0 aliphatic carbocycles. The normalized spacial score (nSPS) is 12.7. The van der Waals surface area contributed by atoms with Gasteiger partial charge in [0, 0.05) is 34.8 Å². The molecule has 0 amide bonds. The van der Waals surface area contributed by atoms with E-state index in [4.69, 9.17) is 17.3 Å². The molecule has 0 saturated heterocycles. The topological polar surface area (TPSA) is 42.2 Å². The predicted octanol–water partition coefficient (Wildman–Crippen LogP) is 3.63. The van der Waals surface area contributed by atoms with Crippen LogP contribution in [0.15, 0.2) is 47.1 Å². The smallest absolute Gasteiger partial charge is 0.0544 e. The van der Waals surface area contributed by atoms with Crippen molar-refractivity contribution < 1.29 is 0 Å². The summed E-state index contributed by atoms with van der Waals surface area (Å²) in [6.45, 7) is 1.25. The highest BCUT2D eigenvalue weighted by molar-refractivity contribution is 9.10. The lowest BCUT2D eigenvalue weighted by Gasteiger charge is -2.28. The van der Waals surface area contributed by atoms with Gasteiger partial charge in [0.05, 0.1) is 5.69 Å². The zero-order chi connectivity index (χ0) is 14.5. The molecule has 3 nitrogen and oxygen atoms in total. The Morgan fingerprint density at radius 2 is 2.15 bits per heavy atom. The van der Waals surface area contributed by atoms with E-state index in [2.05, 4.69) is 25.8 Å². The molecule has 1 unspecified atom stereocenters. The van der Waals surface area contributed by atoms with Crippen molar-refractivity contribution in [2.45, 2.75) is 12.6 Å². The number of nitrogens with two attached hydrogens (primary N) is 1. The van der Waals surface area contributed by atoms with Crippen LogP contribution in [0.3, 0.4) is 0 Å². The molecule has 0 aliphatic heterocycles. The summed E-state index contributed by atoms with van der Waals surface area (Å²) in [6.07, 6.45) is 1.80. The Kier molecular flexibility index (Phi) is 5.54. The second-order valence-corrected chi connectivity index (χ2v) is 5.94. The van der Waals surface area contributed by atoms with Crippen LogP contribution in [0.1, 0.15) is 17.3 Å². The minimum atomic E-state index is 0.0880. The first-order valence-electron chi connectivity index (χ1n) is 6.37. The zero-order valence-electron chi connectivity index (χ0n) is 11.3. The van der Waals surface area contributed by atoms with Gasteiger partial charge >= 0.3 is 0 Å². The van der Waals surface area contributed by atoms with E-state index >= 15 is 0 Å². The predicted molar refractivity (Wildman–Crippen MR) is 86.7 cm³/mol. The third-order valence-corrected chi connectivity index (χ3v) is 4.17. The Balaban J connectivity index is 2.21. The fraction of sp³-hybridized carbons (Fsp3) is 0.267. The molecule has 0 spiro atoms. The van der Waals surface area contributed by atoms with E-state index in [1.54, 1.807) is 6.20 Å². The van der Waals surface area contributed by atoms with Crippen LogP contribution in [0.2, 0.25) is 5.02 Å². The van der Waals surface area contributed by atoms with Crippen LogP contribution >= 0.6 is 27.5 Å². The summed E-state index contributed by atoms with van der Waals surface area (Å²) in [7, 11) is 2.04. The molecule has 1 heterocycles. The molecular formula is C15H17BrClN3. The van der Waals surface area contributed by atoms with E-state index in [0.717, 1.165) is 22.3 Å². The molecule has 0 fully saturated rings. The summed E-state index contributed by atoms with van der Waals surface area (Å²) < 4.78 is 1.02. The number of nitrogens with zero attached hydrogens (tertiary/aromatic N) is 2. The first-order valence-corrected chi connectivity index (χ1v) is 7.54. The van der Waals surface area contributed by atoms with Crippen LogP contribution in [0.4, 0.5) is 0 Å². The zero-order valence-corrected chi connectivity index (χ0v) is 13.6. The highest BCUT2D eigenvalue weighted by atomic mass is 79.9. The number of aromatic nitrogens is 1. The largest absolute Gasteiger partial charge is 0.329 e. The molecule has 5 heteroatoms. The summed E-state index contributed by atoms with van der Waals surface area (Å²) in [5, 5.41) is 0.716. The molecule has 0 radical (unpaired) electrons. The summed E-state index contributed by atoms with van der Waals surface area (Å²) in [6, 6.07) is 11.8. The minimum absolute atomic E-state index is 0.0880. The van der Waals surface area contributed by atoms with Crippen LogP contribution in [0.5, 0.6) is 0 Å². The van der Waals surface area contributed by atoms with Gasteiger partial charge in [0.15, 0.2) is 0 Å². The molecule has 0 bridgehead atoms. The molecule has 1 aromatic carbocycles. The fourth-order valence-corrected chi connectivity index (χ4v) is 2.86. The molecule has 2 N–H and O–H groups in total. The number of hydrogen-bond acceptors (Lipinski definition) is 3. The Hall–Kier alpha value is -0.940. The maximum absolute atomic E-state index is 6.09. The van der Waals surface area contributed by atoms with Crippen molar-refractivity contribution in [1.82, 2.24) is 9.88 Å². The van der Waals surface area contributed by atoms with Gasteiger partial charge in [-0.15, -0.1) is 0 Å². The summed E-state index contributed by atoms with van der Waals surface area (Å²) in [5.41, 5.74) is 8.07. The van der Waals surface area contributed by atoms with Crippen molar-refractivity contribution in [1.29, 1.82) is 0 Å². The number of benzene rings is 1. The standard InChI is InChI=1S/C15H17BrClN3/c1-20(10-12-4-2-3-7-19-12)15(9-18)13-8-11(17)5-6-14(13)16/h2-8,15H,9-10,18H2,1H3. The molecule has 20 heavy (non-hydrogen) atoms. The third-order valence-electron chi connectivity index (χ3n) is 3.21. The summed E-state index contributed by atoms with van der Waals surface area (Å²) in [4.78, 5) is 6.53. The van der Waals surface area contributed by atoms with E-state index in [-0.39, 0.29) is 6.04 Å². The number of hydrogen-bond donors (Lipinski definition) is 1. The van der Waals surface area contributed by atoms with Crippen molar-refractivity contribution in [2.75, 3.05) is 13.6 Å². The SMILES string of the molecule is CN(Cc1ccccn1)C(CN)c1cc(Cl)ccc1Br. The van der Waals surface area contributed by atoms with Gasteiger partial charge in [-0.2, -0.15) is 0 Å². The maximum Gasteiger partial charge on any atom is 0.0544 e. The van der Waals surface area contributed by atoms with E-state index in [1.165, 1.54) is 0 Å². The number of pyridine rings is 1. The Bertz CT molecular complexity index is 562. The molecule has 2 rings (SSSR count). The van der Waals surface area contributed by atoms with Crippen LogP contribution < -0.4 is 5.73 Å². The van der Waals surface area contributed by atoms with Crippen LogP contribution in [-0.4, -0.2) is 23.5 Å². The van der Waals surface area contributed by atoms with Gasteiger partial charge in [0.1, 0.15) is 0 Å². The van der Waals surface area contributed by atoms with Gasteiger partial charge < -0.3 is 5.73 Å². The van der Waals surface area contributed by atoms with Gasteiger partial charge in [0.2, 0.25) is 0 Å². The van der Waals surface area contributed by atoms with Crippen LogP contribution in [0.25, 0.3) is 0 Å². The summed E-state index contributed by atoms with van der Waals surface area (Å²) >= 11 is 9.66. The number of rotatable bonds is 5. The van der Waals surface area contributed by atoms with Crippen LogP contribution in [-0.2, 0) is 6.54 Å². The average molecular weight is 355 g/mol. The first kappa shape index (κ1) is 15.4. The second kappa shape index (κ2) is 7.18. The first-order chi connectivity index (χ1) is 9.61. The Labute approximate surface area is 132 Å². The van der Waals surface area contributed by atoms with Gasteiger partial charge in [-0.25, -0.2) is 0 Å². The lowest BCUT2D eigenvalue weighted by atomic mass is 10.1. The van der Waals surface area contributed by atoms with Gasteiger partial charge in [-0.3, -0.25) is 9.88 Å². The van der Waals surface area contributed by atoms with E-state index in [9.17, 15) is 0 Å². The molecule has 106 valence electrons. The third kappa shape index (κ3) is 3.79. The lowest BCUT2D eigenvalue weighted by molar-refractivity contribution is 0.238.